The summed E-state index contributed by atoms with van der Waals surface area (Å²) in [6, 6.07) is 21.3. The van der Waals surface area contributed by atoms with Crippen LogP contribution in [-0.2, 0) is 0 Å². The first-order valence-corrected chi connectivity index (χ1v) is 11.6. The SMILES string of the molecule is CCCCC(CC)N(C)c1ccc(C)c(C(=O)NC(C)c2cccc3ccccc23)c1. The highest BCUT2D eigenvalue weighted by molar-refractivity contribution is 5.97. The number of hydrogen-bond donors (Lipinski definition) is 1. The zero-order valence-corrected chi connectivity index (χ0v) is 19.6. The van der Waals surface area contributed by atoms with Crippen LogP contribution in [0.3, 0.4) is 0 Å². The van der Waals surface area contributed by atoms with E-state index in [1.54, 1.807) is 0 Å². The highest BCUT2D eigenvalue weighted by atomic mass is 16.1. The normalized spacial score (nSPS) is 13.1. The van der Waals surface area contributed by atoms with E-state index in [1.807, 2.05) is 19.1 Å². The number of anilines is 1. The molecule has 0 aromatic heterocycles. The van der Waals surface area contributed by atoms with E-state index in [2.05, 4.69) is 86.6 Å². The van der Waals surface area contributed by atoms with Gasteiger partial charge in [0.05, 0.1) is 6.04 Å². The van der Waals surface area contributed by atoms with E-state index in [0.717, 1.165) is 28.8 Å². The first-order chi connectivity index (χ1) is 15.0. The summed E-state index contributed by atoms with van der Waals surface area (Å²) in [6.45, 7) is 8.54. The summed E-state index contributed by atoms with van der Waals surface area (Å²) in [5.41, 5.74) is 4.00. The van der Waals surface area contributed by atoms with Gasteiger partial charge in [-0.15, -0.1) is 0 Å². The molecule has 3 heteroatoms. The molecule has 2 unspecified atom stereocenters. The average Bonchev–Trinajstić information content (AvgIpc) is 2.79. The second-order valence-electron chi connectivity index (χ2n) is 8.58. The highest BCUT2D eigenvalue weighted by Gasteiger charge is 2.18. The topological polar surface area (TPSA) is 32.3 Å². The van der Waals surface area contributed by atoms with Gasteiger partial charge in [0.1, 0.15) is 0 Å². The standard InChI is InChI=1S/C28H36N2O/c1-6-8-14-23(7-2)30(5)24-18-17-20(3)27(19-24)28(31)29-21(4)25-16-11-13-22-12-9-10-15-26(22)25/h9-13,15-19,21,23H,6-8,14H2,1-5H3,(H,29,31). The lowest BCUT2D eigenvalue weighted by molar-refractivity contribution is 0.0939. The molecular formula is C28H36N2O. The maximum Gasteiger partial charge on any atom is 0.252 e. The van der Waals surface area contributed by atoms with Crippen molar-refractivity contribution >= 4 is 22.4 Å². The van der Waals surface area contributed by atoms with Gasteiger partial charge in [-0.05, 0) is 60.7 Å². The Kier molecular flexibility index (Phi) is 7.73. The predicted octanol–water partition coefficient (Wildman–Crippen LogP) is 7.04. The van der Waals surface area contributed by atoms with Gasteiger partial charge in [-0.25, -0.2) is 0 Å². The fraction of sp³-hybridized carbons (Fsp3) is 0.393. The van der Waals surface area contributed by atoms with E-state index in [0.29, 0.717) is 6.04 Å². The number of fused-ring (bicyclic) bond motifs is 1. The van der Waals surface area contributed by atoms with Crippen LogP contribution in [0.15, 0.2) is 60.7 Å². The van der Waals surface area contributed by atoms with Gasteiger partial charge in [-0.3, -0.25) is 4.79 Å². The van der Waals surface area contributed by atoms with Crippen molar-refractivity contribution in [3.05, 3.63) is 77.4 Å². The number of hydrogen-bond acceptors (Lipinski definition) is 2. The van der Waals surface area contributed by atoms with Crippen molar-refractivity contribution in [2.75, 3.05) is 11.9 Å². The summed E-state index contributed by atoms with van der Waals surface area (Å²) in [5.74, 6) is -0.0187. The predicted molar refractivity (Wildman–Crippen MR) is 133 cm³/mol. The van der Waals surface area contributed by atoms with Crippen LogP contribution in [0, 0.1) is 6.92 Å². The van der Waals surface area contributed by atoms with Crippen molar-refractivity contribution in [2.24, 2.45) is 0 Å². The lowest BCUT2D eigenvalue weighted by Crippen LogP contribution is -2.32. The van der Waals surface area contributed by atoms with E-state index in [9.17, 15) is 4.79 Å². The zero-order valence-electron chi connectivity index (χ0n) is 19.6. The Morgan fingerprint density at radius 1 is 1.03 bits per heavy atom. The van der Waals surface area contributed by atoms with Crippen molar-refractivity contribution in [1.82, 2.24) is 5.32 Å². The zero-order chi connectivity index (χ0) is 22.4. The maximum absolute atomic E-state index is 13.2. The number of nitrogens with one attached hydrogen (secondary N) is 1. The molecule has 3 aromatic carbocycles. The molecule has 0 aliphatic carbocycles. The number of nitrogens with zero attached hydrogens (tertiary/aromatic N) is 1. The van der Waals surface area contributed by atoms with Crippen LogP contribution < -0.4 is 10.2 Å². The van der Waals surface area contributed by atoms with Gasteiger partial charge in [0.25, 0.3) is 5.91 Å². The third-order valence-corrected chi connectivity index (χ3v) is 6.42. The summed E-state index contributed by atoms with van der Waals surface area (Å²) in [4.78, 5) is 15.6. The molecule has 2 atom stereocenters. The van der Waals surface area contributed by atoms with Crippen LogP contribution in [0.25, 0.3) is 10.8 Å². The second kappa shape index (κ2) is 10.5. The molecule has 164 valence electrons. The van der Waals surface area contributed by atoms with Gasteiger partial charge < -0.3 is 10.2 Å². The first kappa shape index (κ1) is 22.9. The number of carbonyl (C=O) groups excluding carboxylic acids is 1. The second-order valence-corrected chi connectivity index (χ2v) is 8.58. The molecule has 0 radical (unpaired) electrons. The Balaban J connectivity index is 1.82. The number of unbranched alkanes of at least 4 members (excludes halogenated alkanes) is 1. The maximum atomic E-state index is 13.2. The first-order valence-electron chi connectivity index (χ1n) is 11.6. The van der Waals surface area contributed by atoms with Crippen LogP contribution in [0.2, 0.25) is 0 Å². The van der Waals surface area contributed by atoms with Crippen molar-refractivity contribution < 1.29 is 4.79 Å². The van der Waals surface area contributed by atoms with Crippen LogP contribution in [0.5, 0.6) is 0 Å². The molecule has 1 N–H and O–H groups in total. The van der Waals surface area contributed by atoms with Crippen LogP contribution in [0.4, 0.5) is 5.69 Å². The van der Waals surface area contributed by atoms with E-state index >= 15 is 0 Å². The van der Waals surface area contributed by atoms with Gasteiger partial charge >= 0.3 is 0 Å². The molecule has 0 aliphatic rings. The third kappa shape index (κ3) is 5.28. The fourth-order valence-electron chi connectivity index (χ4n) is 4.38. The number of aryl methyl sites for hydroxylation is 1. The van der Waals surface area contributed by atoms with Gasteiger partial charge in [0.2, 0.25) is 0 Å². The summed E-state index contributed by atoms with van der Waals surface area (Å²) in [7, 11) is 2.15. The lowest BCUT2D eigenvalue weighted by Gasteiger charge is -2.30. The average molecular weight is 417 g/mol. The molecule has 3 nitrogen and oxygen atoms in total. The minimum Gasteiger partial charge on any atom is -0.372 e. The van der Waals surface area contributed by atoms with Gasteiger partial charge in [-0.2, -0.15) is 0 Å². The van der Waals surface area contributed by atoms with Crippen molar-refractivity contribution in [2.45, 2.75) is 65.5 Å². The number of rotatable bonds is 9. The monoisotopic (exact) mass is 416 g/mol. The minimum absolute atomic E-state index is 0.0187. The molecule has 0 fully saturated rings. The molecule has 0 aliphatic heterocycles. The van der Waals surface area contributed by atoms with Gasteiger partial charge in [0.15, 0.2) is 0 Å². The van der Waals surface area contributed by atoms with E-state index in [1.165, 1.54) is 30.0 Å². The quantitative estimate of drug-likeness (QED) is 0.405. The van der Waals surface area contributed by atoms with Gasteiger partial charge in [0, 0.05) is 24.3 Å². The minimum atomic E-state index is -0.0765. The highest BCUT2D eigenvalue weighted by Crippen LogP contribution is 2.26. The molecule has 0 heterocycles. The lowest BCUT2D eigenvalue weighted by atomic mass is 9.99. The molecule has 0 saturated carbocycles. The van der Waals surface area contributed by atoms with Gasteiger partial charge in [-0.1, -0.05) is 75.2 Å². The molecule has 0 bridgehead atoms. The Bertz CT molecular complexity index is 1020. The molecule has 31 heavy (non-hydrogen) atoms. The Hall–Kier alpha value is -2.81. The van der Waals surface area contributed by atoms with Crippen LogP contribution in [-0.4, -0.2) is 19.0 Å². The summed E-state index contributed by atoms with van der Waals surface area (Å²) >= 11 is 0. The molecule has 0 spiro atoms. The fourth-order valence-corrected chi connectivity index (χ4v) is 4.38. The molecular weight excluding hydrogens is 380 g/mol. The summed E-state index contributed by atoms with van der Waals surface area (Å²) in [5, 5.41) is 5.61. The Labute approximate surface area is 187 Å². The Morgan fingerprint density at radius 2 is 1.77 bits per heavy atom. The molecule has 1 amide bonds. The van der Waals surface area contributed by atoms with E-state index < -0.39 is 0 Å². The largest absolute Gasteiger partial charge is 0.372 e. The van der Waals surface area contributed by atoms with E-state index in [4.69, 9.17) is 0 Å². The molecule has 0 saturated heterocycles. The third-order valence-electron chi connectivity index (χ3n) is 6.42. The number of amides is 1. The summed E-state index contributed by atoms with van der Waals surface area (Å²) < 4.78 is 0. The van der Waals surface area contributed by atoms with Crippen LogP contribution in [0.1, 0.15) is 74.0 Å². The van der Waals surface area contributed by atoms with E-state index in [-0.39, 0.29) is 11.9 Å². The number of benzene rings is 3. The van der Waals surface area contributed by atoms with Crippen molar-refractivity contribution in [1.29, 1.82) is 0 Å². The Morgan fingerprint density at radius 3 is 2.52 bits per heavy atom. The van der Waals surface area contributed by atoms with Crippen molar-refractivity contribution in [3.63, 3.8) is 0 Å². The smallest absolute Gasteiger partial charge is 0.252 e. The van der Waals surface area contributed by atoms with Crippen molar-refractivity contribution in [3.8, 4) is 0 Å². The number of carbonyl (C=O) groups is 1. The van der Waals surface area contributed by atoms with Crippen LogP contribution >= 0.6 is 0 Å². The summed E-state index contributed by atoms with van der Waals surface area (Å²) in [6.07, 6.45) is 4.71. The molecule has 3 rings (SSSR count). The molecule has 3 aromatic rings.